The van der Waals surface area contributed by atoms with Gasteiger partial charge in [0.15, 0.2) is 0 Å². The van der Waals surface area contributed by atoms with Crippen LogP contribution in [0.3, 0.4) is 0 Å². The number of rotatable bonds is 3. The van der Waals surface area contributed by atoms with Crippen LogP contribution in [0.25, 0.3) is 0 Å². The minimum atomic E-state index is -0.0953. The highest BCUT2D eigenvalue weighted by atomic mass is 14.9. The molecule has 1 aromatic heterocycles. The van der Waals surface area contributed by atoms with E-state index in [4.69, 9.17) is 5.73 Å². The van der Waals surface area contributed by atoms with Crippen molar-refractivity contribution in [1.29, 1.82) is 0 Å². The second kappa shape index (κ2) is 5.28. The molecule has 68 valence electrons. The van der Waals surface area contributed by atoms with Crippen molar-refractivity contribution in [2.24, 2.45) is 5.73 Å². The molecule has 13 heavy (non-hydrogen) atoms. The van der Waals surface area contributed by atoms with E-state index in [1.54, 1.807) is 18.5 Å². The fourth-order valence-electron chi connectivity index (χ4n) is 0.984. The summed E-state index contributed by atoms with van der Waals surface area (Å²) in [7, 11) is 0. The summed E-state index contributed by atoms with van der Waals surface area (Å²) in [5.74, 6) is 6.49. The Morgan fingerprint density at radius 1 is 1.46 bits per heavy atom. The Kier molecular flexibility index (Phi) is 3.94. The van der Waals surface area contributed by atoms with Gasteiger partial charge in [0, 0.05) is 18.8 Å². The smallest absolute Gasteiger partial charge is 0.144 e. The van der Waals surface area contributed by atoms with Gasteiger partial charge in [-0.25, -0.2) is 9.97 Å². The highest BCUT2D eigenvalue weighted by Gasteiger charge is 2.06. The lowest BCUT2D eigenvalue weighted by atomic mass is 10.1. The average molecular weight is 175 g/mol. The van der Waals surface area contributed by atoms with Crippen molar-refractivity contribution < 1.29 is 0 Å². The molecule has 1 atom stereocenters. The Bertz CT molecular complexity index is 297. The van der Waals surface area contributed by atoms with Gasteiger partial charge in [0.2, 0.25) is 0 Å². The third-order valence-electron chi connectivity index (χ3n) is 1.67. The molecule has 0 aliphatic rings. The van der Waals surface area contributed by atoms with E-state index < -0.39 is 0 Å². The fourth-order valence-corrected chi connectivity index (χ4v) is 0.984. The lowest BCUT2D eigenvalue weighted by Crippen LogP contribution is -2.13. The molecule has 3 heteroatoms. The zero-order chi connectivity index (χ0) is 9.52. The van der Waals surface area contributed by atoms with Crippen LogP contribution >= 0.6 is 0 Å². The van der Waals surface area contributed by atoms with Crippen LogP contribution in [0.5, 0.6) is 0 Å². The Morgan fingerprint density at radius 2 is 2.15 bits per heavy atom. The van der Waals surface area contributed by atoms with Crippen molar-refractivity contribution >= 4 is 0 Å². The molecule has 0 bridgehead atoms. The van der Waals surface area contributed by atoms with Gasteiger partial charge in [-0.1, -0.05) is 0 Å². The Morgan fingerprint density at radius 3 is 2.77 bits per heavy atom. The maximum Gasteiger partial charge on any atom is 0.144 e. The first-order chi connectivity index (χ1) is 6.34. The summed E-state index contributed by atoms with van der Waals surface area (Å²) >= 11 is 0. The van der Waals surface area contributed by atoms with E-state index in [1.807, 2.05) is 6.92 Å². The second-order valence-corrected chi connectivity index (χ2v) is 2.68. The van der Waals surface area contributed by atoms with Gasteiger partial charge in [0.05, 0.1) is 6.04 Å². The summed E-state index contributed by atoms with van der Waals surface area (Å²) in [6.45, 7) is 1.82. The molecule has 0 saturated carbocycles. The standard InChI is InChI=1S/C10H13N3/c1-2-3-4-6-9(11)10-12-7-5-8-13-10/h5,7-9H,4,6,11H2,1H3. The number of nitrogens with two attached hydrogens (primary N) is 1. The van der Waals surface area contributed by atoms with Crippen molar-refractivity contribution in [2.45, 2.75) is 25.8 Å². The van der Waals surface area contributed by atoms with Crippen LogP contribution in [0, 0.1) is 11.8 Å². The van der Waals surface area contributed by atoms with E-state index in [1.165, 1.54) is 0 Å². The van der Waals surface area contributed by atoms with Gasteiger partial charge >= 0.3 is 0 Å². The van der Waals surface area contributed by atoms with Gasteiger partial charge in [0.25, 0.3) is 0 Å². The Labute approximate surface area is 78.4 Å². The molecule has 1 unspecified atom stereocenters. The lowest BCUT2D eigenvalue weighted by molar-refractivity contribution is 0.624. The van der Waals surface area contributed by atoms with Crippen molar-refractivity contribution in [3.63, 3.8) is 0 Å². The first kappa shape index (κ1) is 9.69. The average Bonchev–Trinajstić information content (AvgIpc) is 2.19. The van der Waals surface area contributed by atoms with Crippen LogP contribution in [-0.2, 0) is 0 Å². The molecule has 0 aromatic carbocycles. The van der Waals surface area contributed by atoms with Crippen LogP contribution in [0.1, 0.15) is 31.6 Å². The predicted molar refractivity (Wildman–Crippen MR) is 51.6 cm³/mol. The van der Waals surface area contributed by atoms with Crippen LogP contribution < -0.4 is 5.73 Å². The summed E-state index contributed by atoms with van der Waals surface area (Å²) < 4.78 is 0. The molecular formula is C10H13N3. The van der Waals surface area contributed by atoms with E-state index in [0.29, 0.717) is 5.82 Å². The molecule has 0 amide bonds. The van der Waals surface area contributed by atoms with E-state index in [-0.39, 0.29) is 6.04 Å². The van der Waals surface area contributed by atoms with Crippen LogP contribution in [0.4, 0.5) is 0 Å². The van der Waals surface area contributed by atoms with E-state index >= 15 is 0 Å². The largest absolute Gasteiger partial charge is 0.321 e. The SMILES string of the molecule is CC#CCCC(N)c1ncccn1. The summed E-state index contributed by atoms with van der Waals surface area (Å²) in [5, 5.41) is 0. The van der Waals surface area contributed by atoms with Gasteiger partial charge in [-0.2, -0.15) is 0 Å². The number of hydrogen-bond acceptors (Lipinski definition) is 3. The Balaban J connectivity index is 2.47. The quantitative estimate of drug-likeness (QED) is 0.704. The number of aromatic nitrogens is 2. The molecule has 0 saturated heterocycles. The van der Waals surface area contributed by atoms with Crippen LogP contribution in [-0.4, -0.2) is 9.97 Å². The molecule has 1 aromatic rings. The monoisotopic (exact) mass is 175 g/mol. The first-order valence-corrected chi connectivity index (χ1v) is 4.26. The summed E-state index contributed by atoms with van der Waals surface area (Å²) in [4.78, 5) is 8.15. The molecule has 1 heterocycles. The Hall–Kier alpha value is -1.40. The normalized spacial score (nSPS) is 11.5. The molecule has 0 aliphatic heterocycles. The van der Waals surface area contributed by atoms with E-state index in [2.05, 4.69) is 21.8 Å². The van der Waals surface area contributed by atoms with Crippen LogP contribution in [0.2, 0.25) is 0 Å². The maximum absolute atomic E-state index is 5.84. The molecule has 3 nitrogen and oxygen atoms in total. The molecule has 0 fully saturated rings. The third kappa shape index (κ3) is 3.22. The minimum Gasteiger partial charge on any atom is -0.321 e. The fraction of sp³-hybridized carbons (Fsp3) is 0.400. The van der Waals surface area contributed by atoms with Gasteiger partial charge in [-0.3, -0.25) is 0 Å². The van der Waals surface area contributed by atoms with Crippen molar-refractivity contribution in [1.82, 2.24) is 9.97 Å². The highest BCUT2D eigenvalue weighted by Crippen LogP contribution is 2.08. The van der Waals surface area contributed by atoms with Gasteiger partial charge in [-0.15, -0.1) is 11.8 Å². The van der Waals surface area contributed by atoms with Crippen molar-refractivity contribution in [2.75, 3.05) is 0 Å². The molecule has 2 N–H and O–H groups in total. The summed E-state index contributed by atoms with van der Waals surface area (Å²) in [5.41, 5.74) is 5.84. The lowest BCUT2D eigenvalue weighted by Gasteiger charge is -2.06. The molecule has 0 radical (unpaired) electrons. The number of hydrogen-bond donors (Lipinski definition) is 1. The highest BCUT2D eigenvalue weighted by molar-refractivity contribution is 4.99. The topological polar surface area (TPSA) is 51.8 Å². The molecule has 1 rings (SSSR count). The first-order valence-electron chi connectivity index (χ1n) is 4.26. The summed E-state index contributed by atoms with van der Waals surface area (Å²) in [6.07, 6.45) is 5.02. The van der Waals surface area contributed by atoms with Gasteiger partial charge in [-0.05, 0) is 19.4 Å². The maximum atomic E-state index is 5.84. The van der Waals surface area contributed by atoms with Gasteiger partial charge < -0.3 is 5.73 Å². The van der Waals surface area contributed by atoms with Gasteiger partial charge in [0.1, 0.15) is 5.82 Å². The molecule has 0 spiro atoms. The zero-order valence-electron chi connectivity index (χ0n) is 7.70. The van der Waals surface area contributed by atoms with Crippen LogP contribution in [0.15, 0.2) is 18.5 Å². The summed E-state index contributed by atoms with van der Waals surface area (Å²) in [6, 6.07) is 1.68. The predicted octanol–water partition coefficient (Wildman–Crippen LogP) is 1.28. The second-order valence-electron chi connectivity index (χ2n) is 2.68. The van der Waals surface area contributed by atoms with Crippen molar-refractivity contribution in [3.8, 4) is 11.8 Å². The number of nitrogens with zero attached hydrogens (tertiary/aromatic N) is 2. The zero-order valence-corrected chi connectivity index (χ0v) is 7.70. The molecule has 0 aliphatic carbocycles. The van der Waals surface area contributed by atoms with E-state index in [0.717, 1.165) is 12.8 Å². The minimum absolute atomic E-state index is 0.0953. The van der Waals surface area contributed by atoms with E-state index in [9.17, 15) is 0 Å². The third-order valence-corrected chi connectivity index (χ3v) is 1.67. The van der Waals surface area contributed by atoms with Crippen molar-refractivity contribution in [3.05, 3.63) is 24.3 Å². The molecular weight excluding hydrogens is 162 g/mol.